The molecule has 4 N–H and O–H groups in total. The van der Waals surface area contributed by atoms with E-state index in [4.69, 9.17) is 9.47 Å². The number of methoxy groups -OCH3 is 2. The van der Waals surface area contributed by atoms with Crippen molar-refractivity contribution >= 4 is 22.8 Å². The Morgan fingerprint density at radius 1 is 1.15 bits per heavy atom. The highest BCUT2D eigenvalue weighted by molar-refractivity contribution is 5.87. The number of benzene rings is 2. The normalized spacial score (nSPS) is 10.9. The number of rotatable bonds is 8. The van der Waals surface area contributed by atoms with Crippen LogP contribution in [-0.2, 0) is 11.2 Å². The molecular formula is C24H27N5O4. The standard InChI is InChI=1S/C24H27N5O4/c1-14(30)26-10-9-20-22(31)21(23-27-18-7-5-6-8-19(18)28-23)24(25-2)29(20)15-11-16(32-3)13-17(12-15)33-4/h5-8,11-13,25,31H,9-10H2,1-4H3,(H,26,30)(H,27,28). The molecule has 9 nitrogen and oxygen atoms in total. The molecule has 1 amide bonds. The van der Waals surface area contributed by atoms with E-state index in [9.17, 15) is 9.90 Å². The predicted molar refractivity (Wildman–Crippen MR) is 128 cm³/mol. The van der Waals surface area contributed by atoms with Gasteiger partial charge in [0.1, 0.15) is 34.5 Å². The number of fused-ring (bicyclic) bond motifs is 1. The Hall–Kier alpha value is -4.14. The first-order valence-electron chi connectivity index (χ1n) is 10.5. The van der Waals surface area contributed by atoms with Crippen LogP contribution in [0.2, 0.25) is 0 Å². The number of nitrogens with zero attached hydrogens (tertiary/aromatic N) is 2. The van der Waals surface area contributed by atoms with Gasteiger partial charge in [0.25, 0.3) is 0 Å². The van der Waals surface area contributed by atoms with Crippen molar-refractivity contribution in [1.29, 1.82) is 0 Å². The number of H-pyrrole nitrogens is 1. The van der Waals surface area contributed by atoms with Crippen LogP contribution in [0.15, 0.2) is 42.5 Å². The maximum Gasteiger partial charge on any atom is 0.216 e. The second-order valence-corrected chi connectivity index (χ2v) is 7.51. The lowest BCUT2D eigenvalue weighted by molar-refractivity contribution is -0.118. The Morgan fingerprint density at radius 3 is 2.45 bits per heavy atom. The Morgan fingerprint density at radius 2 is 1.85 bits per heavy atom. The van der Waals surface area contributed by atoms with Crippen molar-refractivity contribution in [2.24, 2.45) is 0 Å². The fraction of sp³-hybridized carbons (Fsp3) is 0.250. The van der Waals surface area contributed by atoms with Crippen LogP contribution in [0.4, 0.5) is 5.82 Å². The van der Waals surface area contributed by atoms with E-state index in [-0.39, 0.29) is 11.7 Å². The number of aromatic nitrogens is 3. The van der Waals surface area contributed by atoms with E-state index in [0.29, 0.717) is 47.4 Å². The van der Waals surface area contributed by atoms with Gasteiger partial charge >= 0.3 is 0 Å². The highest BCUT2D eigenvalue weighted by Crippen LogP contribution is 2.43. The summed E-state index contributed by atoms with van der Waals surface area (Å²) < 4.78 is 12.8. The molecule has 0 radical (unpaired) electrons. The molecule has 172 valence electrons. The zero-order valence-electron chi connectivity index (χ0n) is 19.0. The van der Waals surface area contributed by atoms with E-state index in [1.54, 1.807) is 27.3 Å². The maximum absolute atomic E-state index is 11.4. The molecule has 0 unspecified atom stereocenters. The van der Waals surface area contributed by atoms with Gasteiger partial charge in [-0.3, -0.25) is 9.36 Å². The summed E-state index contributed by atoms with van der Waals surface area (Å²) in [6.45, 7) is 1.82. The average molecular weight is 450 g/mol. The molecule has 0 saturated carbocycles. The van der Waals surface area contributed by atoms with Gasteiger partial charge in [0, 0.05) is 45.1 Å². The fourth-order valence-corrected chi connectivity index (χ4v) is 3.94. The average Bonchev–Trinajstić information content (AvgIpc) is 3.36. The lowest BCUT2D eigenvalue weighted by atomic mass is 10.2. The molecule has 2 aromatic heterocycles. The van der Waals surface area contributed by atoms with Crippen LogP contribution in [0.1, 0.15) is 12.6 Å². The molecule has 0 saturated heterocycles. The quantitative estimate of drug-likeness (QED) is 0.328. The molecule has 0 aliphatic rings. The molecular weight excluding hydrogens is 422 g/mol. The van der Waals surface area contributed by atoms with Crippen LogP contribution in [0.5, 0.6) is 17.2 Å². The SMILES string of the molecule is CNc1c(-c2nc3ccccc3[nH]2)c(O)c(CCNC(C)=O)n1-c1cc(OC)cc(OC)c1. The van der Waals surface area contributed by atoms with Gasteiger partial charge in [-0.15, -0.1) is 0 Å². The van der Waals surface area contributed by atoms with Gasteiger partial charge in [-0.25, -0.2) is 4.98 Å². The number of anilines is 1. The van der Waals surface area contributed by atoms with Crippen molar-refractivity contribution in [3.8, 4) is 34.3 Å². The van der Waals surface area contributed by atoms with Gasteiger partial charge in [-0.1, -0.05) is 12.1 Å². The molecule has 0 atom stereocenters. The third-order valence-electron chi connectivity index (χ3n) is 5.43. The van der Waals surface area contributed by atoms with Crippen LogP contribution in [0.3, 0.4) is 0 Å². The van der Waals surface area contributed by atoms with Crippen molar-refractivity contribution in [1.82, 2.24) is 19.9 Å². The molecule has 9 heteroatoms. The van der Waals surface area contributed by atoms with Gasteiger partial charge in [-0.05, 0) is 12.1 Å². The Labute approximate surface area is 191 Å². The monoisotopic (exact) mass is 449 g/mol. The molecule has 4 rings (SSSR count). The Balaban J connectivity index is 1.95. The van der Waals surface area contributed by atoms with Crippen LogP contribution in [-0.4, -0.2) is 53.4 Å². The van der Waals surface area contributed by atoms with E-state index in [1.165, 1.54) is 6.92 Å². The number of ether oxygens (including phenoxy) is 2. The second-order valence-electron chi connectivity index (χ2n) is 7.51. The van der Waals surface area contributed by atoms with Gasteiger partial charge in [0.05, 0.1) is 36.6 Å². The van der Waals surface area contributed by atoms with Crippen molar-refractivity contribution in [2.45, 2.75) is 13.3 Å². The highest BCUT2D eigenvalue weighted by atomic mass is 16.5. The Kier molecular flexibility index (Phi) is 6.12. The summed E-state index contributed by atoms with van der Waals surface area (Å²) in [6.07, 6.45) is 0.389. The van der Waals surface area contributed by atoms with Gasteiger partial charge in [0.2, 0.25) is 5.91 Å². The van der Waals surface area contributed by atoms with Gasteiger partial charge < -0.3 is 30.2 Å². The number of aromatic hydroxyl groups is 1. The fourth-order valence-electron chi connectivity index (χ4n) is 3.94. The molecule has 0 aliphatic heterocycles. The lowest BCUT2D eigenvalue weighted by Gasteiger charge is -2.16. The summed E-state index contributed by atoms with van der Waals surface area (Å²) in [7, 11) is 4.96. The third-order valence-corrected chi connectivity index (χ3v) is 5.43. The molecule has 0 fully saturated rings. The second kappa shape index (κ2) is 9.15. The molecule has 4 aromatic rings. The zero-order chi connectivity index (χ0) is 23.5. The summed E-state index contributed by atoms with van der Waals surface area (Å²) in [5.41, 5.74) is 3.53. The summed E-state index contributed by atoms with van der Waals surface area (Å²) in [4.78, 5) is 19.4. The van der Waals surface area contributed by atoms with Gasteiger partial charge in [-0.2, -0.15) is 0 Å². The van der Waals surface area contributed by atoms with E-state index >= 15 is 0 Å². The van der Waals surface area contributed by atoms with Crippen molar-refractivity contribution < 1.29 is 19.4 Å². The lowest BCUT2D eigenvalue weighted by Crippen LogP contribution is -2.23. The van der Waals surface area contributed by atoms with Crippen LogP contribution in [0.25, 0.3) is 28.1 Å². The number of aromatic amines is 1. The first-order valence-corrected chi connectivity index (χ1v) is 10.5. The minimum Gasteiger partial charge on any atom is -0.505 e. The smallest absolute Gasteiger partial charge is 0.216 e. The number of para-hydroxylation sites is 2. The third kappa shape index (κ3) is 4.17. The summed E-state index contributed by atoms with van der Waals surface area (Å²) in [5, 5.41) is 17.4. The first-order chi connectivity index (χ1) is 16.0. The van der Waals surface area contributed by atoms with Crippen LogP contribution in [0, 0.1) is 0 Å². The predicted octanol–water partition coefficient (Wildman–Crippen LogP) is 3.46. The zero-order valence-corrected chi connectivity index (χ0v) is 19.0. The van der Waals surface area contributed by atoms with Crippen molar-refractivity contribution in [2.75, 3.05) is 33.1 Å². The molecule has 0 bridgehead atoms. The number of carbonyl (C=O) groups excluding carboxylic acids is 1. The molecule has 0 aliphatic carbocycles. The van der Waals surface area contributed by atoms with E-state index < -0.39 is 0 Å². The molecule has 2 heterocycles. The number of amides is 1. The number of nitrogens with one attached hydrogen (secondary N) is 3. The van der Waals surface area contributed by atoms with Crippen LogP contribution >= 0.6 is 0 Å². The molecule has 2 aromatic carbocycles. The van der Waals surface area contributed by atoms with E-state index in [0.717, 1.165) is 16.7 Å². The number of hydrogen-bond donors (Lipinski definition) is 4. The summed E-state index contributed by atoms with van der Waals surface area (Å²) >= 11 is 0. The van der Waals surface area contributed by atoms with E-state index in [2.05, 4.69) is 20.6 Å². The Bertz CT molecular complexity index is 1250. The largest absolute Gasteiger partial charge is 0.505 e. The molecule has 33 heavy (non-hydrogen) atoms. The van der Waals surface area contributed by atoms with Crippen molar-refractivity contribution in [3.63, 3.8) is 0 Å². The summed E-state index contributed by atoms with van der Waals surface area (Å²) in [5.74, 6) is 2.33. The highest BCUT2D eigenvalue weighted by Gasteiger charge is 2.26. The minimum atomic E-state index is -0.137. The topological polar surface area (TPSA) is 113 Å². The number of hydrogen-bond acceptors (Lipinski definition) is 6. The van der Waals surface area contributed by atoms with Gasteiger partial charge in [0.15, 0.2) is 0 Å². The first kappa shape index (κ1) is 22.1. The van der Waals surface area contributed by atoms with E-state index in [1.807, 2.05) is 41.0 Å². The maximum atomic E-state index is 11.4. The minimum absolute atomic E-state index is 0.0746. The van der Waals surface area contributed by atoms with Crippen molar-refractivity contribution in [3.05, 3.63) is 48.2 Å². The number of imidazole rings is 1. The van der Waals surface area contributed by atoms with Crippen LogP contribution < -0.4 is 20.1 Å². The summed E-state index contributed by atoms with van der Waals surface area (Å²) in [6, 6.07) is 13.2. The molecule has 0 spiro atoms. The number of carbonyl (C=O) groups is 1.